The standard InChI is InChI=1S/C19H14ClNO2/c1-23-15-9-6-13(7-10-15)19(22)11-8-14-12-17(20)16-4-2-3-5-18(16)21-14/h2-12H,1H3. The zero-order valence-corrected chi connectivity index (χ0v) is 13.2. The molecule has 0 saturated carbocycles. The van der Waals surface area contributed by atoms with Crippen LogP contribution in [0.15, 0.2) is 60.7 Å². The number of hydrogen-bond donors (Lipinski definition) is 0. The summed E-state index contributed by atoms with van der Waals surface area (Å²) < 4.78 is 5.08. The van der Waals surface area contributed by atoms with E-state index in [1.54, 1.807) is 43.5 Å². The molecule has 0 aliphatic heterocycles. The van der Waals surface area contributed by atoms with Crippen LogP contribution in [-0.2, 0) is 0 Å². The fourth-order valence-electron chi connectivity index (χ4n) is 2.25. The van der Waals surface area contributed by atoms with Crippen molar-refractivity contribution in [1.29, 1.82) is 0 Å². The van der Waals surface area contributed by atoms with E-state index >= 15 is 0 Å². The lowest BCUT2D eigenvalue weighted by Crippen LogP contribution is -1.94. The number of hydrogen-bond acceptors (Lipinski definition) is 3. The molecule has 2 aromatic carbocycles. The molecular formula is C19H14ClNO2. The van der Waals surface area contributed by atoms with Gasteiger partial charge in [-0.2, -0.15) is 0 Å². The number of carbonyl (C=O) groups excluding carboxylic acids is 1. The summed E-state index contributed by atoms with van der Waals surface area (Å²) >= 11 is 6.26. The average molecular weight is 324 g/mol. The van der Waals surface area contributed by atoms with Gasteiger partial charge in [-0.05, 0) is 48.6 Å². The third-order valence-corrected chi connectivity index (χ3v) is 3.78. The van der Waals surface area contributed by atoms with Crippen molar-refractivity contribution >= 4 is 34.4 Å². The summed E-state index contributed by atoms with van der Waals surface area (Å²) in [6.07, 6.45) is 3.17. The molecule has 114 valence electrons. The summed E-state index contributed by atoms with van der Waals surface area (Å²) in [4.78, 5) is 16.7. The molecule has 0 atom stereocenters. The van der Waals surface area contributed by atoms with Crippen LogP contribution in [0.5, 0.6) is 5.75 Å². The Balaban J connectivity index is 1.85. The molecule has 3 rings (SSSR count). The van der Waals surface area contributed by atoms with Crippen LogP contribution in [0.1, 0.15) is 16.1 Å². The lowest BCUT2D eigenvalue weighted by Gasteiger charge is -2.02. The number of para-hydroxylation sites is 1. The lowest BCUT2D eigenvalue weighted by molar-refractivity contribution is 0.104. The number of nitrogens with zero attached hydrogens (tertiary/aromatic N) is 1. The zero-order valence-electron chi connectivity index (χ0n) is 12.5. The summed E-state index contributed by atoms with van der Waals surface area (Å²) in [5.41, 5.74) is 2.04. The van der Waals surface area contributed by atoms with Crippen molar-refractivity contribution in [2.75, 3.05) is 7.11 Å². The summed E-state index contributed by atoms with van der Waals surface area (Å²) in [6, 6.07) is 16.4. The number of pyridine rings is 1. The number of carbonyl (C=O) groups is 1. The van der Waals surface area contributed by atoms with E-state index in [0.29, 0.717) is 22.0 Å². The zero-order chi connectivity index (χ0) is 16.2. The number of methoxy groups -OCH3 is 1. The van der Waals surface area contributed by atoms with Gasteiger partial charge in [0.05, 0.1) is 23.3 Å². The van der Waals surface area contributed by atoms with Gasteiger partial charge < -0.3 is 4.74 Å². The highest BCUT2D eigenvalue weighted by molar-refractivity contribution is 6.35. The third kappa shape index (κ3) is 3.41. The second-order valence-corrected chi connectivity index (χ2v) is 5.38. The summed E-state index contributed by atoms with van der Waals surface area (Å²) in [7, 11) is 1.59. The number of halogens is 1. The van der Waals surface area contributed by atoms with Crippen LogP contribution in [0.2, 0.25) is 5.02 Å². The van der Waals surface area contributed by atoms with Crippen molar-refractivity contribution in [2.45, 2.75) is 0 Å². The average Bonchev–Trinajstić information content (AvgIpc) is 2.60. The van der Waals surface area contributed by atoms with Crippen LogP contribution in [0.4, 0.5) is 0 Å². The highest BCUT2D eigenvalue weighted by atomic mass is 35.5. The number of aromatic nitrogens is 1. The first-order chi connectivity index (χ1) is 11.2. The minimum absolute atomic E-state index is 0.0984. The molecule has 0 spiro atoms. The maximum absolute atomic E-state index is 12.2. The minimum Gasteiger partial charge on any atom is -0.497 e. The molecule has 3 nitrogen and oxygen atoms in total. The SMILES string of the molecule is COc1ccc(C(=O)C=Cc2cc(Cl)c3ccccc3n2)cc1. The molecule has 0 amide bonds. The van der Waals surface area contributed by atoms with Crippen molar-refractivity contribution < 1.29 is 9.53 Å². The smallest absolute Gasteiger partial charge is 0.185 e. The van der Waals surface area contributed by atoms with E-state index in [9.17, 15) is 4.79 Å². The second-order valence-electron chi connectivity index (χ2n) is 4.97. The summed E-state index contributed by atoms with van der Waals surface area (Å²) in [6.45, 7) is 0. The van der Waals surface area contributed by atoms with E-state index in [1.807, 2.05) is 24.3 Å². The molecule has 23 heavy (non-hydrogen) atoms. The summed E-state index contributed by atoms with van der Waals surface area (Å²) in [5.74, 6) is 0.618. The maximum Gasteiger partial charge on any atom is 0.185 e. The molecule has 3 aromatic rings. The topological polar surface area (TPSA) is 39.2 Å². The first-order valence-electron chi connectivity index (χ1n) is 7.09. The second kappa shape index (κ2) is 6.63. The molecule has 4 heteroatoms. The van der Waals surface area contributed by atoms with Crippen LogP contribution < -0.4 is 4.74 Å². The largest absolute Gasteiger partial charge is 0.497 e. The Morgan fingerprint density at radius 3 is 2.61 bits per heavy atom. The van der Waals surface area contributed by atoms with Gasteiger partial charge in [0.2, 0.25) is 0 Å². The summed E-state index contributed by atoms with van der Waals surface area (Å²) in [5, 5.41) is 1.51. The van der Waals surface area contributed by atoms with Crippen LogP contribution in [0, 0.1) is 0 Å². The Morgan fingerprint density at radius 2 is 1.87 bits per heavy atom. The van der Waals surface area contributed by atoms with Gasteiger partial charge in [0.15, 0.2) is 5.78 Å². The number of rotatable bonds is 4. The fourth-order valence-corrected chi connectivity index (χ4v) is 2.52. The fraction of sp³-hybridized carbons (Fsp3) is 0.0526. The van der Waals surface area contributed by atoms with Gasteiger partial charge in [-0.3, -0.25) is 4.79 Å². The van der Waals surface area contributed by atoms with Gasteiger partial charge in [-0.25, -0.2) is 4.98 Å². The molecule has 0 N–H and O–H groups in total. The quantitative estimate of drug-likeness (QED) is 0.511. The van der Waals surface area contributed by atoms with E-state index in [-0.39, 0.29) is 5.78 Å². The van der Waals surface area contributed by atoms with Gasteiger partial charge in [0.25, 0.3) is 0 Å². The van der Waals surface area contributed by atoms with Crippen molar-refractivity contribution in [3.05, 3.63) is 77.0 Å². The normalized spacial score (nSPS) is 11.0. The van der Waals surface area contributed by atoms with Crippen LogP contribution in [0.3, 0.4) is 0 Å². The van der Waals surface area contributed by atoms with Crippen molar-refractivity contribution in [2.24, 2.45) is 0 Å². The van der Waals surface area contributed by atoms with Crippen molar-refractivity contribution in [1.82, 2.24) is 4.98 Å². The monoisotopic (exact) mass is 323 g/mol. The number of benzene rings is 2. The van der Waals surface area contributed by atoms with E-state index in [0.717, 1.165) is 10.9 Å². The molecule has 0 aliphatic rings. The first kappa shape index (κ1) is 15.3. The van der Waals surface area contributed by atoms with Gasteiger partial charge in [0, 0.05) is 10.9 Å². The third-order valence-electron chi connectivity index (χ3n) is 3.47. The van der Waals surface area contributed by atoms with E-state index in [1.165, 1.54) is 6.08 Å². The van der Waals surface area contributed by atoms with E-state index < -0.39 is 0 Å². The molecule has 0 aliphatic carbocycles. The maximum atomic E-state index is 12.2. The molecule has 1 heterocycles. The number of ether oxygens (including phenoxy) is 1. The minimum atomic E-state index is -0.0984. The Bertz CT molecular complexity index is 886. The Labute approximate surface area is 139 Å². The molecule has 0 bridgehead atoms. The number of fused-ring (bicyclic) bond motifs is 1. The molecule has 0 saturated heterocycles. The predicted molar refractivity (Wildman–Crippen MR) is 93.1 cm³/mol. The lowest BCUT2D eigenvalue weighted by atomic mass is 10.1. The van der Waals surface area contributed by atoms with Crippen LogP contribution in [-0.4, -0.2) is 17.9 Å². The van der Waals surface area contributed by atoms with E-state index in [2.05, 4.69) is 4.98 Å². The molecule has 0 fully saturated rings. The van der Waals surface area contributed by atoms with Crippen molar-refractivity contribution in [3.63, 3.8) is 0 Å². The van der Waals surface area contributed by atoms with Crippen LogP contribution >= 0.6 is 11.6 Å². The van der Waals surface area contributed by atoms with Crippen molar-refractivity contribution in [3.8, 4) is 5.75 Å². The number of ketones is 1. The van der Waals surface area contributed by atoms with Gasteiger partial charge in [-0.1, -0.05) is 29.8 Å². The van der Waals surface area contributed by atoms with Gasteiger partial charge >= 0.3 is 0 Å². The molecular weight excluding hydrogens is 310 g/mol. The Kier molecular flexibility index (Phi) is 4.40. The predicted octanol–water partition coefficient (Wildman–Crippen LogP) is 4.79. The Hall–Kier alpha value is -2.65. The molecule has 0 radical (unpaired) electrons. The Morgan fingerprint density at radius 1 is 1.13 bits per heavy atom. The number of allylic oxidation sites excluding steroid dienone is 1. The van der Waals surface area contributed by atoms with E-state index in [4.69, 9.17) is 16.3 Å². The van der Waals surface area contributed by atoms with Gasteiger partial charge in [0.1, 0.15) is 5.75 Å². The molecule has 1 aromatic heterocycles. The molecule has 0 unspecified atom stereocenters. The van der Waals surface area contributed by atoms with Crippen LogP contribution in [0.25, 0.3) is 17.0 Å². The highest BCUT2D eigenvalue weighted by Gasteiger charge is 2.04. The highest BCUT2D eigenvalue weighted by Crippen LogP contribution is 2.23. The first-order valence-corrected chi connectivity index (χ1v) is 7.47. The van der Waals surface area contributed by atoms with Gasteiger partial charge in [-0.15, -0.1) is 0 Å².